The number of methoxy groups -OCH3 is 1. The van der Waals surface area contributed by atoms with Crippen molar-refractivity contribution in [3.05, 3.63) is 64.7 Å². The fraction of sp³-hybridized carbons (Fsp3) is 0.455. The Hall–Kier alpha value is -2.00. The van der Waals surface area contributed by atoms with Crippen molar-refractivity contribution in [2.45, 2.75) is 55.9 Å². The van der Waals surface area contributed by atoms with Gasteiger partial charge in [0.2, 0.25) is 0 Å². The van der Waals surface area contributed by atoms with Crippen LogP contribution in [0.1, 0.15) is 49.7 Å². The van der Waals surface area contributed by atoms with Crippen molar-refractivity contribution >= 4 is 9.52 Å². The Balaban J connectivity index is 1.70. The molecule has 1 fully saturated rings. The van der Waals surface area contributed by atoms with E-state index in [1.165, 1.54) is 6.07 Å². The number of alkyl halides is 2. The molecule has 0 aliphatic heterocycles. The molecule has 2 aromatic carbocycles. The molecule has 0 bridgehead atoms. The van der Waals surface area contributed by atoms with Crippen LogP contribution < -0.4 is 4.74 Å². The first-order valence-electron chi connectivity index (χ1n) is 10.1. The predicted molar refractivity (Wildman–Crippen MR) is 107 cm³/mol. The van der Waals surface area contributed by atoms with Crippen LogP contribution in [0.5, 0.6) is 5.75 Å². The van der Waals surface area contributed by atoms with Crippen molar-refractivity contribution in [2.24, 2.45) is 0 Å². The molecule has 31 heavy (non-hydrogen) atoms. The van der Waals surface area contributed by atoms with Crippen molar-refractivity contribution in [3.63, 3.8) is 0 Å². The number of ether oxygens (including phenoxy) is 2. The lowest BCUT2D eigenvalue weighted by Crippen LogP contribution is -2.24. The van der Waals surface area contributed by atoms with Crippen molar-refractivity contribution in [1.82, 2.24) is 0 Å². The maximum absolute atomic E-state index is 14.5. The Labute approximate surface area is 179 Å². The average Bonchev–Trinajstić information content (AvgIpc) is 2.71. The molecule has 0 N–H and O–H groups in total. The van der Waals surface area contributed by atoms with Gasteiger partial charge >= 0.3 is 6.11 Å². The van der Waals surface area contributed by atoms with E-state index in [0.29, 0.717) is 16.8 Å². The van der Waals surface area contributed by atoms with Crippen molar-refractivity contribution in [3.8, 4) is 5.75 Å². The predicted octanol–water partition coefficient (Wildman–Crippen LogP) is 5.98. The highest BCUT2D eigenvalue weighted by molar-refractivity contribution is 6.39. The van der Waals surface area contributed by atoms with Crippen molar-refractivity contribution in [1.29, 1.82) is 0 Å². The maximum atomic E-state index is 14.5. The van der Waals surface area contributed by atoms with Gasteiger partial charge in [0.25, 0.3) is 0 Å². The SMILES string of the molecule is COC(C)[SiH2][C@H]1CC[C@H](c2ccc(C(F)(F)Oc3cc(F)c(F)c(F)c3)c(F)c2)CC1. The quantitative estimate of drug-likeness (QED) is 0.286. The minimum absolute atomic E-state index is 0.0847. The lowest BCUT2D eigenvalue weighted by atomic mass is 9.83. The van der Waals surface area contributed by atoms with E-state index in [0.717, 1.165) is 37.8 Å². The number of benzene rings is 2. The molecule has 2 nitrogen and oxygen atoms in total. The molecule has 1 aliphatic carbocycles. The van der Waals surface area contributed by atoms with Gasteiger partial charge in [-0.25, -0.2) is 17.6 Å². The second kappa shape index (κ2) is 9.64. The Bertz CT molecular complexity index is 892. The van der Waals surface area contributed by atoms with E-state index >= 15 is 0 Å². The third-order valence-corrected chi connectivity index (χ3v) is 8.38. The van der Waals surface area contributed by atoms with Gasteiger partial charge < -0.3 is 9.47 Å². The van der Waals surface area contributed by atoms with Gasteiger partial charge in [-0.3, -0.25) is 0 Å². The Kier molecular flexibility index (Phi) is 7.36. The molecule has 0 heterocycles. The minimum Gasteiger partial charge on any atom is -0.429 e. The third-order valence-electron chi connectivity index (χ3n) is 5.90. The monoisotopic (exact) mass is 462 g/mol. The smallest absolute Gasteiger partial charge is 0.429 e. The summed E-state index contributed by atoms with van der Waals surface area (Å²) in [7, 11) is 1.33. The van der Waals surface area contributed by atoms with Gasteiger partial charge in [-0.05, 0) is 48.9 Å². The van der Waals surface area contributed by atoms with Crippen LogP contribution in [0.2, 0.25) is 5.54 Å². The molecule has 1 atom stereocenters. The van der Waals surface area contributed by atoms with E-state index < -0.39 is 40.7 Å². The summed E-state index contributed by atoms with van der Waals surface area (Å²) in [5, 5.41) is 0. The van der Waals surface area contributed by atoms with Crippen LogP contribution in [-0.2, 0) is 10.8 Å². The number of hydrogen-bond donors (Lipinski definition) is 0. The van der Waals surface area contributed by atoms with E-state index in [-0.39, 0.29) is 27.6 Å². The lowest BCUT2D eigenvalue weighted by molar-refractivity contribution is -0.187. The summed E-state index contributed by atoms with van der Waals surface area (Å²) in [5.41, 5.74) is 0.542. The number of hydrogen-bond acceptors (Lipinski definition) is 2. The van der Waals surface area contributed by atoms with Crippen LogP contribution in [0, 0.1) is 23.3 Å². The maximum Gasteiger partial charge on any atom is 0.429 e. The summed E-state index contributed by atoms with van der Waals surface area (Å²) in [6.07, 6.45) is -0.468. The van der Waals surface area contributed by atoms with E-state index in [2.05, 4.69) is 11.7 Å². The van der Waals surface area contributed by atoms with Gasteiger partial charge in [-0.1, -0.05) is 18.9 Å². The van der Waals surface area contributed by atoms with Crippen LogP contribution in [-0.4, -0.2) is 22.4 Å². The fourth-order valence-corrected chi connectivity index (χ4v) is 6.19. The minimum atomic E-state index is -4.20. The molecule has 1 unspecified atom stereocenters. The van der Waals surface area contributed by atoms with Gasteiger partial charge in [0, 0.05) is 25.0 Å². The summed E-state index contributed by atoms with van der Waals surface area (Å²) in [6, 6.07) is 3.99. The van der Waals surface area contributed by atoms with E-state index in [4.69, 9.17) is 4.74 Å². The lowest BCUT2D eigenvalue weighted by Gasteiger charge is -2.30. The van der Waals surface area contributed by atoms with Gasteiger partial charge in [0.15, 0.2) is 17.5 Å². The highest BCUT2D eigenvalue weighted by Gasteiger charge is 2.38. The molecule has 0 radical (unpaired) electrons. The normalized spacial score (nSPS) is 20.9. The van der Waals surface area contributed by atoms with E-state index in [1.807, 2.05) is 0 Å². The standard InChI is InChI=1S/C22H24F6O2Si/c1-12(29-2)31-16-6-3-13(4-7-16)14-5-8-17(18(23)9-14)22(27,28)30-15-10-19(24)21(26)20(25)11-15/h5,8-13,16H,3-4,6-7,31H2,1-2H3/t12?,13-,16-. The highest BCUT2D eigenvalue weighted by Crippen LogP contribution is 2.40. The van der Waals surface area contributed by atoms with Crippen LogP contribution in [0.25, 0.3) is 0 Å². The summed E-state index contributed by atoms with van der Waals surface area (Å²) in [4.78, 5) is 0. The zero-order valence-corrected chi connectivity index (χ0v) is 18.7. The first kappa shape index (κ1) is 23.7. The summed E-state index contributed by atoms with van der Waals surface area (Å²) < 4.78 is 92.6. The number of rotatable bonds is 7. The summed E-state index contributed by atoms with van der Waals surface area (Å²) in [6.45, 7) is 2.07. The van der Waals surface area contributed by atoms with Gasteiger partial charge in [0.05, 0.1) is 15.1 Å². The average molecular weight is 463 g/mol. The van der Waals surface area contributed by atoms with Crippen LogP contribution in [0.15, 0.2) is 30.3 Å². The molecular formula is C22H24F6O2Si. The first-order valence-corrected chi connectivity index (χ1v) is 11.8. The first-order chi connectivity index (χ1) is 14.6. The van der Waals surface area contributed by atoms with Crippen LogP contribution >= 0.6 is 0 Å². The van der Waals surface area contributed by atoms with Crippen LogP contribution in [0.3, 0.4) is 0 Å². The largest absolute Gasteiger partial charge is 0.429 e. The van der Waals surface area contributed by atoms with Crippen LogP contribution in [0.4, 0.5) is 26.3 Å². The second-order valence-corrected chi connectivity index (χ2v) is 10.8. The van der Waals surface area contributed by atoms with Crippen molar-refractivity contribution in [2.75, 3.05) is 7.11 Å². The van der Waals surface area contributed by atoms with Gasteiger partial charge in [-0.15, -0.1) is 0 Å². The Morgan fingerprint density at radius 2 is 1.55 bits per heavy atom. The molecule has 0 aromatic heterocycles. The van der Waals surface area contributed by atoms with E-state index in [9.17, 15) is 26.3 Å². The summed E-state index contributed by atoms with van der Waals surface area (Å²) >= 11 is 0. The molecule has 0 spiro atoms. The molecule has 9 heteroatoms. The van der Waals surface area contributed by atoms with E-state index in [1.54, 1.807) is 7.11 Å². The molecule has 1 saturated carbocycles. The topological polar surface area (TPSA) is 18.5 Å². The Morgan fingerprint density at radius 3 is 2.10 bits per heavy atom. The molecular weight excluding hydrogens is 438 g/mol. The zero-order valence-electron chi connectivity index (χ0n) is 17.2. The second-order valence-electron chi connectivity index (χ2n) is 8.06. The molecule has 170 valence electrons. The third kappa shape index (κ3) is 5.63. The molecule has 3 rings (SSSR count). The van der Waals surface area contributed by atoms with Gasteiger partial charge in [0.1, 0.15) is 11.6 Å². The molecule has 0 amide bonds. The summed E-state index contributed by atoms with van der Waals surface area (Å²) in [5.74, 6) is -7.20. The molecule has 2 aromatic rings. The Morgan fingerprint density at radius 1 is 0.935 bits per heavy atom. The highest BCUT2D eigenvalue weighted by atomic mass is 28.2. The zero-order chi connectivity index (χ0) is 22.8. The molecule has 0 saturated heterocycles. The van der Waals surface area contributed by atoms with Crippen molar-refractivity contribution < 1.29 is 35.8 Å². The number of halogens is 6. The fourth-order valence-electron chi connectivity index (χ4n) is 4.11. The van der Waals surface area contributed by atoms with Gasteiger partial charge in [-0.2, -0.15) is 8.78 Å². The molecule has 1 aliphatic rings.